The van der Waals surface area contributed by atoms with E-state index in [0.717, 1.165) is 11.8 Å². The zero-order chi connectivity index (χ0) is 24.0. The van der Waals surface area contributed by atoms with Crippen LogP contribution >= 0.6 is 23.4 Å². The van der Waals surface area contributed by atoms with E-state index < -0.39 is 5.82 Å². The van der Waals surface area contributed by atoms with Gasteiger partial charge in [-0.1, -0.05) is 37.2 Å². The summed E-state index contributed by atoms with van der Waals surface area (Å²) in [5, 5.41) is 12.0. The monoisotopic (exact) mass is 492 g/mol. The topological polar surface area (TPSA) is 78.3 Å². The summed E-state index contributed by atoms with van der Waals surface area (Å²) < 4.78 is 27.1. The molecule has 3 rings (SSSR count). The number of halogens is 2. The van der Waals surface area contributed by atoms with Gasteiger partial charge in [0.2, 0.25) is 5.91 Å². The number of nitrogens with one attached hydrogen (secondary N) is 1. The van der Waals surface area contributed by atoms with Crippen molar-refractivity contribution < 1.29 is 18.7 Å². The number of ether oxygens (including phenoxy) is 2. The smallest absolute Gasteiger partial charge is 0.234 e. The fraction of sp³-hybridized carbons (Fsp3) is 0.348. The van der Waals surface area contributed by atoms with Crippen molar-refractivity contribution >= 4 is 35.0 Å². The molecule has 0 bridgehead atoms. The van der Waals surface area contributed by atoms with Gasteiger partial charge in [-0.05, 0) is 55.3 Å². The molecule has 1 amide bonds. The largest absolute Gasteiger partial charge is 0.497 e. The average molecular weight is 493 g/mol. The fourth-order valence-electron chi connectivity index (χ4n) is 3.06. The van der Waals surface area contributed by atoms with Gasteiger partial charge >= 0.3 is 0 Å². The van der Waals surface area contributed by atoms with Crippen LogP contribution in [0.25, 0.3) is 0 Å². The van der Waals surface area contributed by atoms with Crippen molar-refractivity contribution in [2.24, 2.45) is 5.92 Å². The lowest BCUT2D eigenvalue weighted by atomic mass is 10.2. The van der Waals surface area contributed by atoms with Gasteiger partial charge in [0.05, 0.1) is 18.6 Å². The number of anilines is 1. The first-order valence-corrected chi connectivity index (χ1v) is 11.7. The Balaban J connectivity index is 1.69. The number of hydrogen-bond donors (Lipinski definition) is 1. The lowest BCUT2D eigenvalue weighted by molar-refractivity contribution is -0.113. The highest BCUT2D eigenvalue weighted by atomic mass is 35.5. The van der Waals surface area contributed by atoms with Crippen LogP contribution in [0.3, 0.4) is 0 Å². The van der Waals surface area contributed by atoms with Crippen molar-refractivity contribution in [3.63, 3.8) is 0 Å². The molecule has 1 aromatic heterocycles. The Morgan fingerprint density at radius 1 is 1.15 bits per heavy atom. The predicted octanol–water partition coefficient (Wildman–Crippen LogP) is 5.61. The number of hydrogen-bond acceptors (Lipinski definition) is 6. The van der Waals surface area contributed by atoms with Crippen molar-refractivity contribution in [2.75, 3.05) is 18.2 Å². The molecule has 0 aliphatic heterocycles. The maximum Gasteiger partial charge on any atom is 0.234 e. The Morgan fingerprint density at radius 3 is 2.48 bits per heavy atom. The van der Waals surface area contributed by atoms with Gasteiger partial charge in [-0.25, -0.2) is 4.39 Å². The quantitative estimate of drug-likeness (QED) is 0.371. The summed E-state index contributed by atoms with van der Waals surface area (Å²) in [6.07, 6.45) is -0.365. The highest BCUT2D eigenvalue weighted by molar-refractivity contribution is 7.99. The van der Waals surface area contributed by atoms with E-state index >= 15 is 0 Å². The lowest BCUT2D eigenvalue weighted by Gasteiger charge is -2.18. The summed E-state index contributed by atoms with van der Waals surface area (Å²) >= 11 is 6.99. The van der Waals surface area contributed by atoms with Gasteiger partial charge in [0, 0.05) is 11.6 Å². The molecule has 10 heteroatoms. The van der Waals surface area contributed by atoms with Gasteiger partial charge in [0.1, 0.15) is 17.3 Å². The maximum absolute atomic E-state index is 13.9. The van der Waals surface area contributed by atoms with Gasteiger partial charge in [-0.2, -0.15) is 0 Å². The van der Waals surface area contributed by atoms with Crippen molar-refractivity contribution in [1.29, 1.82) is 0 Å². The molecule has 1 atom stereocenters. The van der Waals surface area contributed by atoms with E-state index in [2.05, 4.69) is 29.4 Å². The number of methoxy groups -OCH3 is 1. The van der Waals surface area contributed by atoms with Gasteiger partial charge in [-0.3, -0.25) is 4.79 Å². The van der Waals surface area contributed by atoms with Crippen LogP contribution in [0.2, 0.25) is 5.02 Å². The Labute approximate surface area is 201 Å². The molecule has 0 spiro atoms. The highest BCUT2D eigenvalue weighted by Crippen LogP contribution is 2.27. The third-order valence-electron chi connectivity index (χ3n) is 4.57. The van der Waals surface area contributed by atoms with Crippen molar-refractivity contribution in [3.05, 3.63) is 59.1 Å². The van der Waals surface area contributed by atoms with E-state index in [-0.39, 0.29) is 28.5 Å². The molecule has 0 aliphatic carbocycles. The van der Waals surface area contributed by atoms with Crippen molar-refractivity contribution in [1.82, 2.24) is 14.8 Å². The van der Waals surface area contributed by atoms with Gasteiger partial charge < -0.3 is 19.4 Å². The molecule has 33 heavy (non-hydrogen) atoms. The first-order chi connectivity index (χ1) is 15.8. The van der Waals surface area contributed by atoms with Crippen LogP contribution in [0.1, 0.15) is 32.7 Å². The second-order valence-electron chi connectivity index (χ2n) is 7.74. The third kappa shape index (κ3) is 6.85. The lowest BCUT2D eigenvalue weighted by Crippen LogP contribution is -2.17. The average Bonchev–Trinajstić information content (AvgIpc) is 3.16. The number of carbonyl (C=O) groups is 1. The Morgan fingerprint density at radius 2 is 1.85 bits per heavy atom. The van der Waals surface area contributed by atoms with Gasteiger partial charge in [-0.15, -0.1) is 10.2 Å². The Bertz CT molecular complexity index is 1090. The standard InChI is InChI=1S/C23H26ClFN4O3S/c1-14(2)12-29-22(15(3)32-18-8-6-17(31-4)7-9-18)27-28-23(29)33-13-21(30)26-20-10-5-16(24)11-19(20)25/h5-11,14-15H,12-13H2,1-4H3,(H,26,30). The minimum absolute atomic E-state index is 0.0476. The molecule has 0 fully saturated rings. The number of thioether (sulfide) groups is 1. The van der Waals surface area contributed by atoms with Crippen LogP contribution in [0, 0.1) is 11.7 Å². The van der Waals surface area contributed by atoms with Gasteiger partial charge in [0.15, 0.2) is 17.1 Å². The van der Waals surface area contributed by atoms with Crippen LogP contribution in [0.4, 0.5) is 10.1 Å². The Kier molecular flexibility index (Phi) is 8.57. The fourth-order valence-corrected chi connectivity index (χ4v) is 3.98. The van der Waals surface area contributed by atoms with Crippen LogP contribution < -0.4 is 14.8 Å². The van der Waals surface area contributed by atoms with E-state index in [4.69, 9.17) is 21.1 Å². The van der Waals surface area contributed by atoms with Crippen molar-refractivity contribution in [3.8, 4) is 11.5 Å². The summed E-state index contributed by atoms with van der Waals surface area (Å²) in [6.45, 7) is 6.73. The number of rotatable bonds is 10. The molecular formula is C23H26ClFN4O3S. The normalized spacial score (nSPS) is 12.0. The molecule has 0 aliphatic rings. The molecular weight excluding hydrogens is 467 g/mol. The van der Waals surface area contributed by atoms with Gasteiger partial charge in [0.25, 0.3) is 0 Å². The second-order valence-corrected chi connectivity index (χ2v) is 9.12. The van der Waals surface area contributed by atoms with Crippen LogP contribution in [-0.2, 0) is 11.3 Å². The molecule has 2 aromatic carbocycles. The molecule has 1 unspecified atom stereocenters. The zero-order valence-electron chi connectivity index (χ0n) is 18.8. The number of nitrogens with zero attached hydrogens (tertiary/aromatic N) is 3. The first-order valence-electron chi connectivity index (χ1n) is 10.4. The van der Waals surface area contributed by atoms with Crippen molar-refractivity contribution in [2.45, 2.75) is 38.6 Å². The van der Waals surface area contributed by atoms with Crippen LogP contribution in [0.15, 0.2) is 47.6 Å². The number of benzene rings is 2. The molecule has 1 heterocycles. The minimum Gasteiger partial charge on any atom is -0.497 e. The van der Waals surface area contributed by atoms with E-state index in [1.807, 2.05) is 35.8 Å². The maximum atomic E-state index is 13.9. The van der Waals surface area contributed by atoms with E-state index in [1.165, 1.54) is 23.9 Å². The molecule has 0 radical (unpaired) electrons. The van der Waals surface area contributed by atoms with E-state index in [9.17, 15) is 9.18 Å². The predicted molar refractivity (Wildman–Crippen MR) is 128 cm³/mol. The SMILES string of the molecule is COc1ccc(OC(C)c2nnc(SCC(=O)Nc3ccc(Cl)cc3F)n2CC(C)C)cc1. The van der Waals surface area contributed by atoms with E-state index in [1.54, 1.807) is 7.11 Å². The summed E-state index contributed by atoms with van der Waals surface area (Å²) in [5.41, 5.74) is 0.0795. The molecule has 0 saturated carbocycles. The molecule has 176 valence electrons. The van der Waals surface area contributed by atoms with E-state index in [0.29, 0.717) is 29.2 Å². The highest BCUT2D eigenvalue weighted by Gasteiger charge is 2.21. The summed E-state index contributed by atoms with van der Waals surface area (Å²) in [4.78, 5) is 12.4. The molecule has 3 aromatic rings. The molecule has 0 saturated heterocycles. The molecule has 1 N–H and O–H groups in total. The van der Waals surface area contributed by atoms with Crippen LogP contribution in [0.5, 0.6) is 11.5 Å². The number of aromatic nitrogens is 3. The Hall–Kier alpha value is -2.78. The number of carbonyl (C=O) groups excluding carboxylic acids is 1. The third-order valence-corrected chi connectivity index (χ3v) is 5.77. The first kappa shape index (κ1) is 24.9. The summed E-state index contributed by atoms with van der Waals surface area (Å²) in [6, 6.07) is 11.4. The summed E-state index contributed by atoms with van der Waals surface area (Å²) in [5.74, 6) is 1.51. The van der Waals surface area contributed by atoms with Crippen LogP contribution in [-0.4, -0.2) is 33.5 Å². The summed E-state index contributed by atoms with van der Waals surface area (Å²) in [7, 11) is 1.61. The second kappa shape index (κ2) is 11.4. The minimum atomic E-state index is -0.587. The molecule has 7 nitrogen and oxygen atoms in total. The zero-order valence-corrected chi connectivity index (χ0v) is 20.4. The number of amides is 1.